The first-order valence-electron chi connectivity index (χ1n) is 7.14. The fraction of sp³-hybridized carbons (Fsp3) is 0.0588. The van der Waals surface area contributed by atoms with Crippen molar-refractivity contribution >= 4 is 45.6 Å². The quantitative estimate of drug-likeness (QED) is 0.537. The third-order valence-electron chi connectivity index (χ3n) is 3.41. The lowest BCUT2D eigenvalue weighted by atomic mass is 10.1. The van der Waals surface area contributed by atoms with Crippen LogP contribution in [0.5, 0.6) is 0 Å². The largest absolute Gasteiger partial charge is 0.417 e. The SMILES string of the molecule is O=C(Nc1nc(-c2ccc(Cl)cc2Cl)cs1)c1ccccc1C(F)(F)F. The van der Waals surface area contributed by atoms with E-state index in [0.29, 0.717) is 21.3 Å². The number of carbonyl (C=O) groups excluding carboxylic acids is 1. The standard InChI is InChI=1S/C17H9Cl2F3N2OS/c18-9-5-6-11(13(19)7-9)14-8-26-16(23-14)24-15(25)10-3-1-2-4-12(10)17(20,21)22/h1-8H,(H,23,24,25). The summed E-state index contributed by atoms with van der Waals surface area (Å²) >= 11 is 13.0. The number of hydrogen-bond acceptors (Lipinski definition) is 3. The summed E-state index contributed by atoms with van der Waals surface area (Å²) in [5, 5.41) is 5.03. The molecule has 2 aromatic carbocycles. The number of thiazole rings is 1. The Morgan fingerprint density at radius 1 is 1.12 bits per heavy atom. The number of nitrogens with one attached hydrogen (secondary N) is 1. The van der Waals surface area contributed by atoms with E-state index in [0.717, 1.165) is 23.5 Å². The average molecular weight is 417 g/mol. The minimum Gasteiger partial charge on any atom is -0.298 e. The van der Waals surface area contributed by atoms with E-state index in [1.807, 2.05) is 0 Å². The van der Waals surface area contributed by atoms with E-state index < -0.39 is 23.2 Å². The second kappa shape index (κ2) is 7.26. The molecule has 0 atom stereocenters. The van der Waals surface area contributed by atoms with Gasteiger partial charge in [-0.1, -0.05) is 35.3 Å². The molecule has 0 radical (unpaired) electrons. The molecule has 0 aliphatic heterocycles. The van der Waals surface area contributed by atoms with Gasteiger partial charge in [0.25, 0.3) is 5.91 Å². The second-order valence-electron chi connectivity index (χ2n) is 5.16. The van der Waals surface area contributed by atoms with Crippen LogP contribution in [-0.2, 0) is 6.18 Å². The normalized spacial score (nSPS) is 11.4. The number of aromatic nitrogens is 1. The fourth-order valence-electron chi connectivity index (χ4n) is 2.24. The van der Waals surface area contributed by atoms with Gasteiger partial charge >= 0.3 is 6.18 Å². The maximum Gasteiger partial charge on any atom is 0.417 e. The van der Waals surface area contributed by atoms with Gasteiger partial charge in [-0.05, 0) is 30.3 Å². The Bertz CT molecular complexity index is 973. The highest BCUT2D eigenvalue weighted by Gasteiger charge is 2.35. The van der Waals surface area contributed by atoms with Crippen molar-refractivity contribution in [3.05, 3.63) is 69.0 Å². The van der Waals surface area contributed by atoms with Gasteiger partial charge in [-0.15, -0.1) is 11.3 Å². The Balaban J connectivity index is 1.85. The molecule has 1 N–H and O–H groups in total. The van der Waals surface area contributed by atoms with E-state index in [4.69, 9.17) is 23.2 Å². The van der Waals surface area contributed by atoms with Crippen LogP contribution in [0.4, 0.5) is 18.3 Å². The van der Waals surface area contributed by atoms with Crippen LogP contribution in [0.3, 0.4) is 0 Å². The maximum atomic E-state index is 13.0. The predicted octanol–water partition coefficient (Wildman–Crippen LogP) is 6.39. The van der Waals surface area contributed by atoms with E-state index in [2.05, 4.69) is 10.3 Å². The van der Waals surface area contributed by atoms with Crippen molar-refractivity contribution in [3.8, 4) is 11.3 Å². The van der Waals surface area contributed by atoms with Gasteiger partial charge in [0, 0.05) is 16.0 Å². The molecule has 0 saturated carbocycles. The second-order valence-corrected chi connectivity index (χ2v) is 6.86. The number of rotatable bonds is 3. The highest BCUT2D eigenvalue weighted by molar-refractivity contribution is 7.14. The van der Waals surface area contributed by atoms with Gasteiger partial charge < -0.3 is 0 Å². The topological polar surface area (TPSA) is 42.0 Å². The average Bonchev–Trinajstić information content (AvgIpc) is 3.02. The van der Waals surface area contributed by atoms with Gasteiger partial charge in [0.15, 0.2) is 5.13 Å². The molecule has 26 heavy (non-hydrogen) atoms. The summed E-state index contributed by atoms with van der Waals surface area (Å²) in [4.78, 5) is 16.5. The molecule has 0 spiro atoms. The molecule has 0 saturated heterocycles. The van der Waals surface area contributed by atoms with E-state index in [9.17, 15) is 18.0 Å². The summed E-state index contributed by atoms with van der Waals surface area (Å²) in [5.41, 5.74) is -0.393. The summed E-state index contributed by atoms with van der Waals surface area (Å²) < 4.78 is 39.1. The maximum absolute atomic E-state index is 13.0. The first-order chi connectivity index (χ1) is 12.3. The molecule has 3 aromatic rings. The predicted molar refractivity (Wildman–Crippen MR) is 97.0 cm³/mol. The first kappa shape index (κ1) is 18.7. The highest BCUT2D eigenvalue weighted by Crippen LogP contribution is 2.34. The lowest BCUT2D eigenvalue weighted by molar-refractivity contribution is -0.137. The molecular formula is C17H9Cl2F3N2OS. The molecule has 0 aliphatic carbocycles. The van der Waals surface area contributed by atoms with E-state index >= 15 is 0 Å². The number of halogens is 5. The first-order valence-corrected chi connectivity index (χ1v) is 8.78. The zero-order valence-corrected chi connectivity index (χ0v) is 15.1. The number of hydrogen-bond donors (Lipinski definition) is 1. The summed E-state index contributed by atoms with van der Waals surface area (Å²) in [6.45, 7) is 0. The number of benzene rings is 2. The monoisotopic (exact) mass is 416 g/mol. The highest BCUT2D eigenvalue weighted by atomic mass is 35.5. The van der Waals surface area contributed by atoms with Crippen molar-refractivity contribution in [2.75, 3.05) is 5.32 Å². The van der Waals surface area contributed by atoms with Crippen LogP contribution in [0.1, 0.15) is 15.9 Å². The third kappa shape index (κ3) is 4.00. The van der Waals surface area contributed by atoms with Crippen LogP contribution in [0.15, 0.2) is 47.8 Å². The molecule has 0 bridgehead atoms. The number of anilines is 1. The molecule has 9 heteroatoms. The van der Waals surface area contributed by atoms with E-state index in [-0.39, 0.29) is 5.13 Å². The Kier molecular flexibility index (Phi) is 5.22. The zero-order valence-electron chi connectivity index (χ0n) is 12.8. The molecule has 0 aliphatic rings. The Morgan fingerprint density at radius 3 is 2.54 bits per heavy atom. The number of amides is 1. The lowest BCUT2D eigenvalue weighted by Gasteiger charge is -2.11. The minimum absolute atomic E-state index is 0.160. The number of carbonyl (C=O) groups is 1. The molecular weight excluding hydrogens is 408 g/mol. The molecule has 1 aromatic heterocycles. The Hall–Kier alpha value is -2.09. The molecule has 0 fully saturated rings. The van der Waals surface area contributed by atoms with Crippen molar-refractivity contribution < 1.29 is 18.0 Å². The number of alkyl halides is 3. The van der Waals surface area contributed by atoms with Crippen LogP contribution in [-0.4, -0.2) is 10.9 Å². The van der Waals surface area contributed by atoms with Crippen LogP contribution in [0.25, 0.3) is 11.3 Å². The number of nitrogens with zero attached hydrogens (tertiary/aromatic N) is 1. The van der Waals surface area contributed by atoms with E-state index in [1.165, 1.54) is 12.1 Å². The Labute approximate surface area is 160 Å². The lowest BCUT2D eigenvalue weighted by Crippen LogP contribution is -2.18. The van der Waals surface area contributed by atoms with Crippen molar-refractivity contribution in [1.82, 2.24) is 4.98 Å². The fourth-order valence-corrected chi connectivity index (χ4v) is 3.46. The molecule has 134 valence electrons. The zero-order chi connectivity index (χ0) is 18.9. The Morgan fingerprint density at radius 2 is 1.85 bits per heavy atom. The van der Waals surface area contributed by atoms with Gasteiger partial charge in [0.1, 0.15) is 0 Å². The summed E-state index contributed by atoms with van der Waals surface area (Å²) in [7, 11) is 0. The van der Waals surface area contributed by atoms with Gasteiger partial charge in [-0.3, -0.25) is 10.1 Å². The molecule has 1 heterocycles. The van der Waals surface area contributed by atoms with Crippen molar-refractivity contribution in [3.63, 3.8) is 0 Å². The minimum atomic E-state index is -4.63. The van der Waals surface area contributed by atoms with Crippen LogP contribution in [0, 0.1) is 0 Å². The third-order valence-corrected chi connectivity index (χ3v) is 4.71. The molecule has 0 unspecified atom stereocenters. The summed E-state index contributed by atoms with van der Waals surface area (Å²) in [6, 6.07) is 9.42. The van der Waals surface area contributed by atoms with Gasteiger partial charge in [0.05, 0.1) is 21.8 Å². The molecule has 1 amide bonds. The molecule has 3 nitrogen and oxygen atoms in total. The summed E-state index contributed by atoms with van der Waals surface area (Å²) in [6.07, 6.45) is -4.63. The van der Waals surface area contributed by atoms with Crippen LogP contribution < -0.4 is 5.32 Å². The van der Waals surface area contributed by atoms with Gasteiger partial charge in [0.2, 0.25) is 0 Å². The van der Waals surface area contributed by atoms with Crippen LogP contribution in [0.2, 0.25) is 10.0 Å². The molecule has 3 rings (SSSR count). The van der Waals surface area contributed by atoms with Crippen molar-refractivity contribution in [1.29, 1.82) is 0 Å². The van der Waals surface area contributed by atoms with Gasteiger partial charge in [-0.2, -0.15) is 13.2 Å². The smallest absolute Gasteiger partial charge is 0.298 e. The van der Waals surface area contributed by atoms with E-state index in [1.54, 1.807) is 23.6 Å². The van der Waals surface area contributed by atoms with Crippen molar-refractivity contribution in [2.45, 2.75) is 6.18 Å². The summed E-state index contributed by atoms with van der Waals surface area (Å²) in [5.74, 6) is -0.888. The van der Waals surface area contributed by atoms with Crippen LogP contribution >= 0.6 is 34.5 Å². The van der Waals surface area contributed by atoms with Crippen molar-refractivity contribution in [2.24, 2.45) is 0 Å². The van der Waals surface area contributed by atoms with Gasteiger partial charge in [-0.25, -0.2) is 4.98 Å².